The van der Waals surface area contributed by atoms with Crippen LogP contribution >= 0.6 is 7.26 Å². The second kappa shape index (κ2) is 19.1. The van der Waals surface area contributed by atoms with Gasteiger partial charge >= 0.3 is 0 Å². The molecule has 0 N–H and O–H groups in total. The van der Waals surface area contributed by atoms with Gasteiger partial charge in [-0.2, -0.15) is 0 Å². The van der Waals surface area contributed by atoms with E-state index in [0.29, 0.717) is 6.35 Å². The van der Waals surface area contributed by atoms with E-state index in [1.54, 1.807) is 7.11 Å². The van der Waals surface area contributed by atoms with E-state index >= 15 is 35.1 Å². The molecule has 23 heteroatoms. The summed E-state index contributed by atoms with van der Waals surface area (Å²) in [5.41, 5.74) is -14.3. The lowest BCUT2D eigenvalue weighted by Crippen LogP contribution is -2.81. The second-order valence-corrected chi connectivity index (χ2v) is 17.5. The van der Waals surface area contributed by atoms with Crippen LogP contribution in [0.3, 0.4) is 0 Å². The number of ether oxygens (including phenoxy) is 1. The molecule has 67 heavy (non-hydrogen) atoms. The van der Waals surface area contributed by atoms with Crippen molar-refractivity contribution >= 4 is 51.2 Å². The summed E-state index contributed by atoms with van der Waals surface area (Å²) in [4.78, 5) is 0. The van der Waals surface area contributed by atoms with Crippen molar-refractivity contribution in [2.45, 2.75) is 0 Å². The lowest BCUT2D eigenvalue weighted by molar-refractivity contribution is 0.255. The van der Waals surface area contributed by atoms with Crippen LogP contribution in [0.5, 0.6) is 0 Å². The van der Waals surface area contributed by atoms with Crippen LogP contribution in [0, 0.1) is 116 Å². The lowest BCUT2D eigenvalue weighted by atomic mass is 9.12. The van der Waals surface area contributed by atoms with Crippen molar-refractivity contribution in [3.63, 3.8) is 0 Å². The van der Waals surface area contributed by atoms with E-state index in [9.17, 15) is 52.7 Å². The molecule has 0 saturated carbocycles. The zero-order valence-electron chi connectivity index (χ0n) is 32.9. The van der Waals surface area contributed by atoms with Gasteiger partial charge in [0.15, 0.2) is 76.2 Å². The fourth-order valence-electron chi connectivity index (χ4n) is 7.79. The summed E-state index contributed by atoms with van der Waals surface area (Å²) in [6.45, 7) is 0. The van der Waals surface area contributed by atoms with Crippen LogP contribution in [0.25, 0.3) is 0 Å². The zero-order chi connectivity index (χ0) is 49.6. The van der Waals surface area contributed by atoms with Crippen LogP contribution in [0.2, 0.25) is 0 Å². The molecule has 0 amide bonds. The van der Waals surface area contributed by atoms with Crippen LogP contribution in [-0.4, -0.2) is 19.6 Å². The quantitative estimate of drug-likeness (QED) is 0.0461. The summed E-state index contributed by atoms with van der Waals surface area (Å²) >= 11 is 0. The van der Waals surface area contributed by atoms with Gasteiger partial charge in [-0.05, 0) is 36.4 Å². The van der Waals surface area contributed by atoms with Crippen LogP contribution in [0.15, 0.2) is 91.0 Å². The summed E-state index contributed by atoms with van der Waals surface area (Å²) in [6.07, 6.45) is -6.50. The van der Waals surface area contributed by atoms with Crippen LogP contribution in [-0.2, 0) is 4.74 Å². The van der Waals surface area contributed by atoms with Gasteiger partial charge in [-0.25, -0.2) is 87.8 Å². The molecule has 350 valence electrons. The van der Waals surface area contributed by atoms with E-state index < -0.39 is 152 Å². The Morgan fingerprint density at radius 2 is 0.448 bits per heavy atom. The summed E-state index contributed by atoms with van der Waals surface area (Å²) in [5, 5.41) is 4.07. The fourth-order valence-corrected chi connectivity index (χ4v) is 11.6. The molecule has 7 aromatic rings. The molecule has 7 aromatic carbocycles. The molecule has 0 spiro atoms. The van der Waals surface area contributed by atoms with Crippen molar-refractivity contribution < 1.29 is 92.5 Å². The van der Waals surface area contributed by atoms with Crippen LogP contribution < -0.4 is 37.8 Å². The Kier molecular flexibility index (Phi) is 14.2. The Morgan fingerprint density at radius 3 is 0.612 bits per heavy atom. The van der Waals surface area contributed by atoms with Crippen molar-refractivity contribution in [1.82, 2.24) is 0 Å². The summed E-state index contributed by atoms with van der Waals surface area (Å²) in [6, 6.07) is 32.3. The Balaban J connectivity index is 0.000000279. The molecular formula is C44H20BF20OP. The average Bonchev–Trinajstić information content (AvgIpc) is 3.34. The number of hydrogen-bond donors (Lipinski definition) is 0. The van der Waals surface area contributed by atoms with E-state index in [0.717, 1.165) is 0 Å². The van der Waals surface area contributed by atoms with Gasteiger partial charge in [0, 0.05) is 7.11 Å². The Labute approximate surface area is 364 Å². The van der Waals surface area contributed by atoms with E-state index in [2.05, 4.69) is 91.0 Å². The maximum absolute atomic E-state index is 15.4. The third-order valence-corrected chi connectivity index (χ3v) is 14.8. The maximum atomic E-state index is 15.4. The van der Waals surface area contributed by atoms with Gasteiger partial charge in [-0.3, -0.25) is 0 Å². The predicted octanol–water partition coefficient (Wildman–Crippen LogP) is 9.43. The average molecular weight is 986 g/mol. The number of halogens is 20. The third kappa shape index (κ3) is 7.76. The van der Waals surface area contributed by atoms with E-state index in [1.807, 2.05) is 0 Å². The normalized spacial score (nSPS) is 11.8. The molecule has 0 bridgehead atoms. The summed E-state index contributed by atoms with van der Waals surface area (Å²) in [5.74, 6) is -71.4. The van der Waals surface area contributed by atoms with Crippen LogP contribution in [0.1, 0.15) is 0 Å². The smallest absolute Gasteiger partial charge is 0.200 e. The number of benzene rings is 7. The topological polar surface area (TPSA) is 9.23 Å². The van der Waals surface area contributed by atoms with E-state index in [-0.39, 0.29) is 0 Å². The molecule has 7 rings (SSSR count). The molecule has 0 heterocycles. The first-order valence-corrected chi connectivity index (χ1v) is 20.3. The highest BCUT2D eigenvalue weighted by molar-refractivity contribution is 7.95. The predicted molar refractivity (Wildman–Crippen MR) is 206 cm³/mol. The van der Waals surface area contributed by atoms with Gasteiger partial charge in [0.05, 0.1) is 0 Å². The number of methoxy groups -OCH3 is 1. The molecule has 0 fully saturated rings. The van der Waals surface area contributed by atoms with Crippen molar-refractivity contribution in [2.75, 3.05) is 13.5 Å². The highest BCUT2D eigenvalue weighted by atomic mass is 31.2. The minimum atomic E-state index is -7.22. The molecule has 0 radical (unpaired) electrons. The Hall–Kier alpha value is -6.41. The summed E-state index contributed by atoms with van der Waals surface area (Å²) in [7, 11) is 0.0197. The first-order chi connectivity index (χ1) is 31.6. The van der Waals surface area contributed by atoms with Crippen molar-refractivity contribution in [3.8, 4) is 0 Å². The lowest BCUT2D eigenvalue weighted by Gasteiger charge is -2.44. The standard InChI is InChI=1S/C24BF20.C20H20OP/c26-5-1(6(27)14(35)21(42)13(5)34)25(2-7(28)15(36)22(43)16(37)8(2)29,3-9(30)17(38)23(44)18(39)10(3)31)4-11(32)19(40)24(45)20(41)12(4)33;1-21-17-22(18-11-5-2-6-12-18,19-13-7-3-8-14-19)20-15-9-4-10-16-20/h;2-16H,17H2,1H3/q-1;+1. The number of rotatable bonds is 9. The van der Waals surface area contributed by atoms with Gasteiger partial charge in [0.1, 0.15) is 75.9 Å². The maximum Gasteiger partial charge on any atom is 0.200 e. The van der Waals surface area contributed by atoms with Gasteiger partial charge in [-0.15, -0.1) is 21.9 Å². The Morgan fingerprint density at radius 1 is 0.284 bits per heavy atom. The number of hydrogen-bond acceptors (Lipinski definition) is 1. The first-order valence-electron chi connectivity index (χ1n) is 18.4. The highest BCUT2D eigenvalue weighted by Gasteiger charge is 2.52. The van der Waals surface area contributed by atoms with Gasteiger partial charge in [0.2, 0.25) is 0 Å². The molecular weight excluding hydrogens is 966 g/mol. The van der Waals surface area contributed by atoms with E-state index in [1.165, 1.54) is 15.9 Å². The minimum absolute atomic E-state index is 0.713. The molecule has 1 nitrogen and oxygen atoms in total. The van der Waals surface area contributed by atoms with Crippen LogP contribution in [0.4, 0.5) is 87.8 Å². The molecule has 0 unspecified atom stereocenters. The van der Waals surface area contributed by atoms with E-state index in [4.69, 9.17) is 4.74 Å². The van der Waals surface area contributed by atoms with Gasteiger partial charge in [-0.1, -0.05) is 54.6 Å². The minimum Gasteiger partial charge on any atom is -0.348 e. The highest BCUT2D eigenvalue weighted by Crippen LogP contribution is 2.55. The zero-order valence-corrected chi connectivity index (χ0v) is 33.8. The fraction of sp³-hybridized carbons (Fsp3) is 0.0455. The SMILES string of the molecule is COC[P+](c1ccccc1)(c1ccccc1)c1ccccc1.Fc1c(F)c(F)c([B-](c2c(F)c(F)c(F)c(F)c2F)(c2c(F)c(F)c(F)c(F)c2F)c2c(F)c(F)c(F)c(F)c2F)c(F)c1F. The van der Waals surface area contributed by atoms with Crippen molar-refractivity contribution in [2.24, 2.45) is 0 Å². The monoisotopic (exact) mass is 986 g/mol. The first kappa shape index (κ1) is 50.0. The molecule has 0 saturated heterocycles. The largest absolute Gasteiger partial charge is 0.348 e. The molecule has 0 atom stereocenters. The molecule has 0 aliphatic heterocycles. The Bertz CT molecular complexity index is 2550. The third-order valence-electron chi connectivity index (χ3n) is 10.6. The molecule has 0 aliphatic carbocycles. The van der Waals surface area contributed by atoms with Gasteiger partial charge in [0.25, 0.3) is 0 Å². The molecule has 0 aliphatic rings. The second-order valence-electron chi connectivity index (χ2n) is 14.0. The van der Waals surface area contributed by atoms with Gasteiger partial charge < -0.3 is 4.74 Å². The molecule has 0 aromatic heterocycles. The van der Waals surface area contributed by atoms with Crippen molar-refractivity contribution in [1.29, 1.82) is 0 Å². The summed E-state index contributed by atoms with van der Waals surface area (Å²) < 4.78 is 300. The van der Waals surface area contributed by atoms with Crippen molar-refractivity contribution in [3.05, 3.63) is 207 Å².